The number of ether oxygens (including phenoxy) is 1. The third kappa shape index (κ3) is 2.48. The van der Waals surface area contributed by atoms with Crippen molar-refractivity contribution in [3.8, 4) is 0 Å². The highest BCUT2D eigenvalue weighted by Gasteiger charge is 2.42. The van der Waals surface area contributed by atoms with Crippen LogP contribution in [0, 0.1) is 5.92 Å². The largest absolute Gasteiger partial charge is 0.375 e. The molecule has 1 saturated heterocycles. The van der Waals surface area contributed by atoms with Crippen molar-refractivity contribution in [2.24, 2.45) is 16.6 Å². The number of nitrogens with zero attached hydrogens (tertiary/aromatic N) is 2. The van der Waals surface area contributed by atoms with Gasteiger partial charge in [-0.3, -0.25) is 4.99 Å². The number of nitrogens with two attached hydrogens (primary N) is 1. The fourth-order valence-corrected chi connectivity index (χ4v) is 3.19. The quantitative estimate of drug-likeness (QED) is 0.614. The van der Waals surface area contributed by atoms with Crippen molar-refractivity contribution in [2.45, 2.75) is 56.6 Å². The molecule has 4 heteroatoms. The normalized spacial score (nSPS) is 31.2. The Morgan fingerprint density at radius 2 is 2.17 bits per heavy atom. The molecule has 18 heavy (non-hydrogen) atoms. The Morgan fingerprint density at radius 1 is 1.39 bits per heavy atom. The van der Waals surface area contributed by atoms with Crippen LogP contribution in [0.25, 0.3) is 0 Å². The van der Waals surface area contributed by atoms with Crippen LogP contribution in [0.2, 0.25) is 0 Å². The van der Waals surface area contributed by atoms with E-state index in [0.717, 1.165) is 25.5 Å². The maximum atomic E-state index is 6.03. The van der Waals surface area contributed by atoms with E-state index >= 15 is 0 Å². The van der Waals surface area contributed by atoms with E-state index in [2.05, 4.69) is 16.9 Å². The Morgan fingerprint density at radius 3 is 2.78 bits per heavy atom. The topological polar surface area (TPSA) is 50.8 Å². The minimum Gasteiger partial charge on any atom is -0.375 e. The first kappa shape index (κ1) is 12.3. The maximum absolute atomic E-state index is 6.03. The smallest absolute Gasteiger partial charge is 0.191 e. The summed E-state index contributed by atoms with van der Waals surface area (Å²) < 4.78 is 5.94. The van der Waals surface area contributed by atoms with Crippen molar-refractivity contribution < 1.29 is 4.74 Å². The predicted molar refractivity (Wildman–Crippen MR) is 72.5 cm³/mol. The second-order valence-corrected chi connectivity index (χ2v) is 6.28. The zero-order chi connectivity index (χ0) is 12.6. The molecule has 1 aliphatic heterocycles. The average molecular weight is 251 g/mol. The lowest BCUT2D eigenvalue weighted by Crippen LogP contribution is -2.46. The summed E-state index contributed by atoms with van der Waals surface area (Å²) in [6, 6.07) is 0.654. The van der Waals surface area contributed by atoms with Gasteiger partial charge in [0.15, 0.2) is 5.96 Å². The zero-order valence-electron chi connectivity index (χ0n) is 11.4. The summed E-state index contributed by atoms with van der Waals surface area (Å²) in [6.45, 7) is 1.80. The maximum Gasteiger partial charge on any atom is 0.191 e. The first-order valence-electron chi connectivity index (χ1n) is 7.35. The molecule has 0 aromatic carbocycles. The van der Waals surface area contributed by atoms with Crippen LogP contribution in [0.15, 0.2) is 4.99 Å². The van der Waals surface area contributed by atoms with E-state index in [-0.39, 0.29) is 5.60 Å². The van der Waals surface area contributed by atoms with E-state index in [9.17, 15) is 0 Å². The lowest BCUT2D eigenvalue weighted by Gasteiger charge is -2.47. The number of aliphatic imine (C=N–C) groups is 1. The Labute approximate surface area is 110 Å². The molecule has 4 nitrogen and oxygen atoms in total. The van der Waals surface area contributed by atoms with Crippen molar-refractivity contribution in [1.82, 2.24) is 4.90 Å². The van der Waals surface area contributed by atoms with Gasteiger partial charge in [-0.25, -0.2) is 0 Å². The van der Waals surface area contributed by atoms with Gasteiger partial charge in [-0.05, 0) is 50.9 Å². The molecule has 0 aromatic heterocycles. The SMILES string of the molecule is CN(C(N)=NCC1CCOC2(CCC2)C1)C1CC1. The van der Waals surface area contributed by atoms with Crippen LogP contribution in [0.4, 0.5) is 0 Å². The van der Waals surface area contributed by atoms with Gasteiger partial charge >= 0.3 is 0 Å². The zero-order valence-corrected chi connectivity index (χ0v) is 11.4. The number of hydrogen-bond acceptors (Lipinski definition) is 2. The van der Waals surface area contributed by atoms with Crippen molar-refractivity contribution in [2.75, 3.05) is 20.2 Å². The van der Waals surface area contributed by atoms with Gasteiger partial charge in [0.25, 0.3) is 0 Å². The molecule has 2 saturated carbocycles. The predicted octanol–water partition coefficient (Wildman–Crippen LogP) is 1.74. The highest BCUT2D eigenvalue weighted by molar-refractivity contribution is 5.78. The molecule has 2 N–H and O–H groups in total. The van der Waals surface area contributed by atoms with Gasteiger partial charge in [0.2, 0.25) is 0 Å². The summed E-state index contributed by atoms with van der Waals surface area (Å²) in [5.41, 5.74) is 6.27. The van der Waals surface area contributed by atoms with E-state index in [1.807, 2.05) is 0 Å². The van der Waals surface area contributed by atoms with E-state index in [1.165, 1.54) is 38.5 Å². The van der Waals surface area contributed by atoms with Crippen LogP contribution in [0.1, 0.15) is 44.9 Å². The molecule has 1 spiro atoms. The summed E-state index contributed by atoms with van der Waals surface area (Å²) in [4.78, 5) is 6.74. The summed E-state index contributed by atoms with van der Waals surface area (Å²) in [7, 11) is 2.06. The van der Waals surface area contributed by atoms with Crippen molar-refractivity contribution in [1.29, 1.82) is 0 Å². The standard InChI is InChI=1S/C14H25N3O/c1-17(12-3-4-12)13(15)16-10-11-5-8-18-14(9-11)6-2-7-14/h11-12H,2-10H2,1H3,(H2,15,16). The minimum atomic E-state index is 0.232. The van der Waals surface area contributed by atoms with Crippen molar-refractivity contribution in [3.05, 3.63) is 0 Å². The van der Waals surface area contributed by atoms with E-state index < -0.39 is 0 Å². The lowest BCUT2D eigenvalue weighted by molar-refractivity contribution is -0.141. The highest BCUT2D eigenvalue weighted by Crippen LogP contribution is 2.44. The third-order valence-electron chi connectivity index (χ3n) is 4.83. The van der Waals surface area contributed by atoms with Gasteiger partial charge in [0.1, 0.15) is 0 Å². The molecule has 102 valence electrons. The third-order valence-corrected chi connectivity index (χ3v) is 4.83. The van der Waals surface area contributed by atoms with Gasteiger partial charge in [-0.2, -0.15) is 0 Å². The van der Waals surface area contributed by atoms with Crippen LogP contribution >= 0.6 is 0 Å². The van der Waals surface area contributed by atoms with Gasteiger partial charge in [-0.15, -0.1) is 0 Å². The Bertz CT molecular complexity index is 334. The van der Waals surface area contributed by atoms with Crippen LogP contribution in [0.5, 0.6) is 0 Å². The molecular weight excluding hydrogens is 226 g/mol. The first-order valence-corrected chi connectivity index (χ1v) is 7.35. The number of rotatable bonds is 3. The van der Waals surface area contributed by atoms with E-state index in [1.54, 1.807) is 0 Å². The van der Waals surface area contributed by atoms with Crippen LogP contribution in [-0.2, 0) is 4.74 Å². The number of guanidine groups is 1. The second kappa shape index (κ2) is 4.72. The van der Waals surface area contributed by atoms with Crippen LogP contribution < -0.4 is 5.73 Å². The molecule has 0 amide bonds. The van der Waals surface area contributed by atoms with Crippen LogP contribution in [0.3, 0.4) is 0 Å². The van der Waals surface area contributed by atoms with Crippen LogP contribution in [-0.4, -0.2) is 42.7 Å². The molecule has 2 aliphatic carbocycles. The van der Waals surface area contributed by atoms with Gasteiger partial charge < -0.3 is 15.4 Å². The first-order chi connectivity index (χ1) is 8.69. The molecular formula is C14H25N3O. The summed E-state index contributed by atoms with van der Waals surface area (Å²) >= 11 is 0. The summed E-state index contributed by atoms with van der Waals surface area (Å²) in [5.74, 6) is 1.40. The van der Waals surface area contributed by atoms with Crippen molar-refractivity contribution >= 4 is 5.96 Å². The fraction of sp³-hybridized carbons (Fsp3) is 0.929. The molecule has 3 fully saturated rings. The molecule has 1 atom stereocenters. The summed E-state index contributed by atoms with van der Waals surface area (Å²) in [6.07, 6.45) is 8.72. The Balaban J connectivity index is 1.51. The second-order valence-electron chi connectivity index (χ2n) is 6.28. The highest BCUT2D eigenvalue weighted by atomic mass is 16.5. The van der Waals surface area contributed by atoms with Gasteiger partial charge in [-0.1, -0.05) is 0 Å². The molecule has 1 unspecified atom stereocenters. The van der Waals surface area contributed by atoms with Gasteiger partial charge in [0, 0.05) is 26.2 Å². The average Bonchev–Trinajstić information content (AvgIpc) is 3.17. The molecule has 0 radical (unpaired) electrons. The fourth-order valence-electron chi connectivity index (χ4n) is 3.19. The number of hydrogen-bond donors (Lipinski definition) is 1. The molecule has 3 rings (SSSR count). The lowest BCUT2D eigenvalue weighted by atomic mass is 9.72. The summed E-state index contributed by atoms with van der Waals surface area (Å²) in [5, 5.41) is 0. The minimum absolute atomic E-state index is 0.232. The Hall–Kier alpha value is -0.770. The molecule has 0 bridgehead atoms. The van der Waals surface area contributed by atoms with Crippen molar-refractivity contribution in [3.63, 3.8) is 0 Å². The molecule has 0 aromatic rings. The molecule has 3 aliphatic rings. The van der Waals surface area contributed by atoms with E-state index in [4.69, 9.17) is 10.5 Å². The monoisotopic (exact) mass is 251 g/mol. The molecule has 1 heterocycles. The Kier molecular flexibility index (Phi) is 3.22. The van der Waals surface area contributed by atoms with E-state index in [0.29, 0.717) is 12.0 Å². The van der Waals surface area contributed by atoms with Gasteiger partial charge in [0.05, 0.1) is 5.60 Å².